The van der Waals surface area contributed by atoms with Crippen LogP contribution in [0.3, 0.4) is 0 Å². The summed E-state index contributed by atoms with van der Waals surface area (Å²) in [5.41, 5.74) is 10.7. The molecule has 8 aromatic carbocycles. The van der Waals surface area contributed by atoms with E-state index < -0.39 is 0 Å². The normalized spacial score (nSPS) is 11.7. The average molecular weight is 692 g/mol. The van der Waals surface area contributed by atoms with Gasteiger partial charge in [0.25, 0.3) is 0 Å². The van der Waals surface area contributed by atoms with Crippen LogP contribution in [0, 0.1) is 0 Å². The van der Waals surface area contributed by atoms with Gasteiger partial charge in [0.2, 0.25) is 0 Å². The summed E-state index contributed by atoms with van der Waals surface area (Å²) in [6.07, 6.45) is 0. The molecule has 252 valence electrons. The predicted molar refractivity (Wildman–Crippen MR) is 219 cm³/mol. The van der Waals surface area contributed by atoms with Crippen LogP contribution in [0.25, 0.3) is 111 Å². The Balaban J connectivity index is 1.06. The van der Waals surface area contributed by atoms with Gasteiger partial charge in [0.1, 0.15) is 22.3 Å². The molecule has 54 heavy (non-hydrogen) atoms. The van der Waals surface area contributed by atoms with E-state index in [4.69, 9.17) is 23.8 Å². The molecule has 11 rings (SSSR count). The number of hydrogen-bond donors (Lipinski definition) is 0. The number of nitrogens with zero attached hydrogens (tertiary/aromatic N) is 3. The third kappa shape index (κ3) is 4.98. The third-order valence-corrected chi connectivity index (χ3v) is 10.3. The van der Waals surface area contributed by atoms with Crippen LogP contribution < -0.4 is 0 Å². The Morgan fingerprint density at radius 1 is 0.296 bits per heavy atom. The van der Waals surface area contributed by atoms with Crippen molar-refractivity contribution in [2.45, 2.75) is 0 Å². The minimum absolute atomic E-state index is 0.606. The molecule has 0 aliphatic carbocycles. The Labute approximate surface area is 309 Å². The molecule has 11 aromatic rings. The predicted octanol–water partition coefficient (Wildman–Crippen LogP) is 13.2. The van der Waals surface area contributed by atoms with Crippen LogP contribution in [0.1, 0.15) is 0 Å². The lowest BCUT2D eigenvalue weighted by atomic mass is 9.98. The molecule has 0 unspecified atom stereocenters. The summed E-state index contributed by atoms with van der Waals surface area (Å²) in [5, 5.41) is 6.65. The van der Waals surface area contributed by atoms with Crippen molar-refractivity contribution >= 4 is 54.6 Å². The number of hydrogen-bond acceptors (Lipinski definition) is 5. The van der Waals surface area contributed by atoms with Gasteiger partial charge >= 0.3 is 0 Å². The van der Waals surface area contributed by atoms with Gasteiger partial charge in [-0.2, -0.15) is 0 Å². The summed E-state index contributed by atoms with van der Waals surface area (Å²) in [6.45, 7) is 0. The van der Waals surface area contributed by atoms with Gasteiger partial charge in [-0.1, -0.05) is 140 Å². The van der Waals surface area contributed by atoms with E-state index in [1.807, 2.05) is 42.5 Å². The van der Waals surface area contributed by atoms with Gasteiger partial charge in [-0.25, -0.2) is 15.0 Å². The molecule has 5 nitrogen and oxygen atoms in total. The lowest BCUT2D eigenvalue weighted by Gasteiger charge is -2.11. The van der Waals surface area contributed by atoms with Gasteiger partial charge in [-0.15, -0.1) is 0 Å². The van der Waals surface area contributed by atoms with E-state index in [0.29, 0.717) is 17.5 Å². The number of furan rings is 2. The minimum atomic E-state index is 0.606. The van der Waals surface area contributed by atoms with Crippen LogP contribution in [0.2, 0.25) is 0 Å². The van der Waals surface area contributed by atoms with Gasteiger partial charge in [0.15, 0.2) is 17.5 Å². The van der Waals surface area contributed by atoms with Gasteiger partial charge in [-0.05, 0) is 69.4 Å². The highest BCUT2D eigenvalue weighted by atomic mass is 16.3. The van der Waals surface area contributed by atoms with Crippen molar-refractivity contribution in [3.63, 3.8) is 0 Å². The number of benzene rings is 8. The first-order valence-electron chi connectivity index (χ1n) is 18.0. The van der Waals surface area contributed by atoms with Crippen molar-refractivity contribution < 1.29 is 8.83 Å². The van der Waals surface area contributed by atoms with Crippen molar-refractivity contribution in [1.82, 2.24) is 15.0 Å². The molecule has 0 fully saturated rings. The van der Waals surface area contributed by atoms with E-state index in [2.05, 4.69) is 133 Å². The minimum Gasteiger partial charge on any atom is -0.456 e. The van der Waals surface area contributed by atoms with Crippen LogP contribution in [-0.2, 0) is 0 Å². The topological polar surface area (TPSA) is 65.0 Å². The number of rotatable bonds is 5. The van der Waals surface area contributed by atoms with Crippen LogP contribution >= 0.6 is 0 Å². The first kappa shape index (κ1) is 30.3. The van der Waals surface area contributed by atoms with E-state index in [-0.39, 0.29) is 0 Å². The number of para-hydroxylation sites is 2. The molecular weight excluding hydrogens is 663 g/mol. The molecule has 0 atom stereocenters. The largest absolute Gasteiger partial charge is 0.456 e. The Morgan fingerprint density at radius 3 is 1.59 bits per heavy atom. The smallest absolute Gasteiger partial charge is 0.164 e. The number of aromatic nitrogens is 3. The van der Waals surface area contributed by atoms with E-state index >= 15 is 0 Å². The van der Waals surface area contributed by atoms with Gasteiger partial charge in [0.05, 0.1) is 0 Å². The van der Waals surface area contributed by atoms with Gasteiger partial charge in [-0.3, -0.25) is 0 Å². The molecule has 0 saturated carbocycles. The van der Waals surface area contributed by atoms with Crippen molar-refractivity contribution in [1.29, 1.82) is 0 Å². The summed E-state index contributed by atoms with van der Waals surface area (Å²) in [4.78, 5) is 15.3. The molecule has 0 aliphatic rings. The molecule has 3 heterocycles. The zero-order chi connectivity index (χ0) is 35.6. The van der Waals surface area contributed by atoms with Crippen LogP contribution in [0.5, 0.6) is 0 Å². The summed E-state index contributed by atoms with van der Waals surface area (Å²) in [7, 11) is 0. The summed E-state index contributed by atoms with van der Waals surface area (Å²) >= 11 is 0. The highest BCUT2D eigenvalue weighted by Gasteiger charge is 2.17. The quantitative estimate of drug-likeness (QED) is 0.180. The molecule has 5 heteroatoms. The Kier molecular flexibility index (Phi) is 6.79. The molecule has 0 saturated heterocycles. The van der Waals surface area contributed by atoms with Gasteiger partial charge in [0, 0.05) is 38.2 Å². The SMILES string of the molecule is c1ccc(-c2cccc(-c3nc(-c4ccc(-c5cccc6oc7ccccc7c56)cc4)nc(-c4ccc5c(ccc6oc7ccccc7c65)c4)n3)c2)cc1. The molecule has 0 N–H and O–H groups in total. The second-order valence-electron chi connectivity index (χ2n) is 13.6. The lowest BCUT2D eigenvalue weighted by Crippen LogP contribution is -2.00. The van der Waals surface area contributed by atoms with Crippen molar-refractivity contribution in [2.24, 2.45) is 0 Å². The van der Waals surface area contributed by atoms with Crippen LogP contribution in [-0.4, -0.2) is 15.0 Å². The fourth-order valence-corrected chi connectivity index (χ4v) is 7.74. The zero-order valence-electron chi connectivity index (χ0n) is 28.9. The maximum atomic E-state index is 6.19. The maximum Gasteiger partial charge on any atom is 0.164 e. The molecular formula is C49H29N3O2. The average Bonchev–Trinajstić information content (AvgIpc) is 3.83. The Hall–Kier alpha value is -7.37. The van der Waals surface area contributed by atoms with E-state index in [1.54, 1.807) is 0 Å². The first-order valence-corrected chi connectivity index (χ1v) is 18.0. The summed E-state index contributed by atoms with van der Waals surface area (Å²) in [5.74, 6) is 1.83. The molecule has 0 aliphatic heterocycles. The highest BCUT2D eigenvalue weighted by Crippen LogP contribution is 2.39. The second kappa shape index (κ2) is 12.1. The summed E-state index contributed by atoms with van der Waals surface area (Å²) < 4.78 is 12.4. The maximum absolute atomic E-state index is 6.19. The fourth-order valence-electron chi connectivity index (χ4n) is 7.74. The van der Waals surface area contributed by atoms with Crippen molar-refractivity contribution in [3.8, 4) is 56.4 Å². The number of fused-ring (bicyclic) bond motifs is 8. The standard InChI is InChI=1S/C49H29N3O2/c1-2-10-30(11-3-1)33-12-8-13-35(28-33)48-50-47(32-22-20-31(21-23-32)37-16-9-19-43-45(37)39-14-4-6-17-41(39)53-43)51-49(52-48)36-24-26-38-34(29-36)25-27-44-46(38)40-15-5-7-18-42(40)54-44/h1-29H. The zero-order valence-corrected chi connectivity index (χ0v) is 28.9. The van der Waals surface area contributed by atoms with E-state index in [1.165, 1.54) is 0 Å². The molecule has 0 amide bonds. The second-order valence-corrected chi connectivity index (χ2v) is 13.6. The van der Waals surface area contributed by atoms with E-state index in [0.717, 1.165) is 93.6 Å². The Morgan fingerprint density at radius 2 is 0.833 bits per heavy atom. The molecule has 0 spiro atoms. The van der Waals surface area contributed by atoms with Crippen LogP contribution in [0.15, 0.2) is 185 Å². The van der Waals surface area contributed by atoms with Crippen molar-refractivity contribution in [3.05, 3.63) is 176 Å². The molecule has 0 radical (unpaired) electrons. The van der Waals surface area contributed by atoms with Crippen LogP contribution in [0.4, 0.5) is 0 Å². The summed E-state index contributed by atoms with van der Waals surface area (Å²) in [6, 6.07) is 60.5. The first-order chi connectivity index (χ1) is 26.7. The monoisotopic (exact) mass is 691 g/mol. The molecule has 0 bridgehead atoms. The van der Waals surface area contributed by atoms with Crippen molar-refractivity contribution in [2.75, 3.05) is 0 Å². The van der Waals surface area contributed by atoms with E-state index in [9.17, 15) is 0 Å². The lowest BCUT2D eigenvalue weighted by molar-refractivity contribution is 0.668. The highest BCUT2D eigenvalue weighted by molar-refractivity contribution is 6.19. The third-order valence-electron chi connectivity index (χ3n) is 10.3. The Bertz CT molecular complexity index is 3210. The fraction of sp³-hybridized carbons (Fsp3) is 0. The molecule has 3 aromatic heterocycles. The van der Waals surface area contributed by atoms with Gasteiger partial charge < -0.3 is 8.83 Å².